The van der Waals surface area contributed by atoms with Crippen LogP contribution in [0, 0.1) is 0 Å². The van der Waals surface area contributed by atoms with E-state index in [9.17, 15) is 32.3 Å². The zero-order valence-electron chi connectivity index (χ0n) is 23.3. The van der Waals surface area contributed by atoms with Crippen LogP contribution >= 0.6 is 0 Å². The zero-order chi connectivity index (χ0) is 29.3. The van der Waals surface area contributed by atoms with Crippen molar-refractivity contribution in [2.75, 3.05) is 31.1 Å². The molecule has 0 spiro atoms. The third-order valence-electron chi connectivity index (χ3n) is 7.06. The number of carbonyl (C=O) groups is 4. The van der Waals surface area contributed by atoms with Crippen LogP contribution in [0.2, 0.25) is 0 Å². The van der Waals surface area contributed by atoms with E-state index in [1.54, 1.807) is 25.7 Å². The van der Waals surface area contributed by atoms with Crippen molar-refractivity contribution in [1.82, 2.24) is 15.1 Å². The average molecular weight is 555 g/mol. The lowest BCUT2D eigenvalue weighted by atomic mass is 9.96. The second kappa shape index (κ2) is 11.4. The number of hydrogen-bond donors (Lipinski definition) is 1. The first kappa shape index (κ1) is 30.2. The summed E-state index contributed by atoms with van der Waals surface area (Å²) in [7, 11) is 0. The Balaban J connectivity index is 2.10. The number of likely N-dealkylation sites (tertiary alicyclic amines) is 1. The number of alkyl halides is 3. The van der Waals surface area contributed by atoms with Gasteiger partial charge in [0, 0.05) is 51.6 Å². The molecular formula is C27H37F3N4O5. The van der Waals surface area contributed by atoms with E-state index in [1.165, 1.54) is 30.6 Å². The van der Waals surface area contributed by atoms with Crippen molar-refractivity contribution >= 4 is 29.3 Å². The molecule has 0 radical (unpaired) electrons. The molecule has 0 unspecified atom stereocenters. The molecule has 0 aromatic heterocycles. The Morgan fingerprint density at radius 2 is 1.90 bits per heavy atom. The maximum absolute atomic E-state index is 14.3. The number of hydrogen-bond acceptors (Lipinski definition) is 5. The van der Waals surface area contributed by atoms with Crippen LogP contribution in [0.15, 0.2) is 12.1 Å². The van der Waals surface area contributed by atoms with Gasteiger partial charge in [-0.1, -0.05) is 6.92 Å². The van der Waals surface area contributed by atoms with Gasteiger partial charge in [0.1, 0.15) is 5.75 Å². The monoisotopic (exact) mass is 554 g/mol. The maximum Gasteiger partial charge on any atom is 0.417 e. The van der Waals surface area contributed by atoms with Crippen molar-refractivity contribution in [3.63, 3.8) is 0 Å². The summed E-state index contributed by atoms with van der Waals surface area (Å²) < 4.78 is 48.7. The van der Waals surface area contributed by atoms with Gasteiger partial charge in [0.25, 0.3) is 11.8 Å². The van der Waals surface area contributed by atoms with E-state index in [0.29, 0.717) is 19.4 Å². The van der Waals surface area contributed by atoms with Crippen molar-refractivity contribution in [3.05, 3.63) is 23.3 Å². The van der Waals surface area contributed by atoms with Gasteiger partial charge >= 0.3 is 6.18 Å². The lowest BCUT2D eigenvalue weighted by Crippen LogP contribution is -2.55. The number of ether oxygens (including phenoxy) is 1. The smallest absolute Gasteiger partial charge is 0.417 e. The first-order valence-corrected chi connectivity index (χ1v) is 13.2. The fourth-order valence-electron chi connectivity index (χ4n) is 5.11. The SMILES string of the molecule is CCC(=O)NCCN1C(=O)C(C)(C)Oc2cc(C(F)(F)F)c(C(=O)N(C(C)C)[C@@H]3CCCN(C(C)=O)C3)cc21. The van der Waals surface area contributed by atoms with E-state index in [2.05, 4.69) is 5.32 Å². The van der Waals surface area contributed by atoms with Gasteiger partial charge in [0.05, 0.1) is 16.8 Å². The van der Waals surface area contributed by atoms with Crippen LogP contribution < -0.4 is 15.0 Å². The van der Waals surface area contributed by atoms with Gasteiger partial charge in [0.15, 0.2) is 5.60 Å². The van der Waals surface area contributed by atoms with Crippen LogP contribution in [0.1, 0.15) is 76.7 Å². The van der Waals surface area contributed by atoms with Crippen molar-refractivity contribution < 1.29 is 37.1 Å². The molecule has 2 aliphatic rings. The van der Waals surface area contributed by atoms with Crippen LogP contribution in [0.25, 0.3) is 0 Å². The molecule has 1 aromatic carbocycles. The van der Waals surface area contributed by atoms with Gasteiger partial charge in [-0.2, -0.15) is 13.2 Å². The number of fused-ring (bicyclic) bond motifs is 1. The topological polar surface area (TPSA) is 99.3 Å². The van der Waals surface area contributed by atoms with E-state index in [1.807, 2.05) is 0 Å². The lowest BCUT2D eigenvalue weighted by Gasteiger charge is -2.42. The number of anilines is 1. The van der Waals surface area contributed by atoms with E-state index < -0.39 is 46.8 Å². The minimum absolute atomic E-state index is 0.0204. The quantitative estimate of drug-likeness (QED) is 0.556. The fraction of sp³-hybridized carbons (Fsp3) is 0.630. The summed E-state index contributed by atoms with van der Waals surface area (Å²) in [6.07, 6.45) is -3.49. The highest BCUT2D eigenvalue weighted by atomic mass is 19.4. The molecule has 12 heteroatoms. The number of amides is 4. The van der Waals surface area contributed by atoms with Crippen LogP contribution in [-0.2, 0) is 20.6 Å². The van der Waals surface area contributed by atoms with Gasteiger partial charge in [-0.05, 0) is 52.7 Å². The van der Waals surface area contributed by atoms with Crippen molar-refractivity contribution in [1.29, 1.82) is 0 Å². The molecule has 1 atom stereocenters. The van der Waals surface area contributed by atoms with Crippen LogP contribution in [0.4, 0.5) is 18.9 Å². The highest BCUT2D eigenvalue weighted by molar-refractivity contribution is 6.05. The molecule has 2 heterocycles. The first-order valence-electron chi connectivity index (χ1n) is 13.2. The second-order valence-corrected chi connectivity index (χ2v) is 10.7. The largest absolute Gasteiger partial charge is 0.476 e. The Morgan fingerprint density at radius 3 is 2.46 bits per heavy atom. The van der Waals surface area contributed by atoms with Crippen molar-refractivity contribution in [2.45, 2.75) is 84.7 Å². The van der Waals surface area contributed by atoms with Gasteiger partial charge in [0.2, 0.25) is 11.8 Å². The van der Waals surface area contributed by atoms with Crippen LogP contribution in [0.5, 0.6) is 5.75 Å². The Kier molecular flexibility index (Phi) is 8.86. The molecule has 4 amide bonds. The number of benzene rings is 1. The minimum Gasteiger partial charge on any atom is -0.476 e. The highest BCUT2D eigenvalue weighted by Gasteiger charge is 2.45. The number of halogens is 3. The van der Waals surface area contributed by atoms with Gasteiger partial charge < -0.3 is 24.8 Å². The summed E-state index contributed by atoms with van der Waals surface area (Å²) in [5.41, 5.74) is -3.20. The number of nitrogens with one attached hydrogen (secondary N) is 1. The standard InChI is InChI=1S/C27H37F3N4O5/c1-7-23(36)31-10-12-33-21-13-19(20(27(28,29)30)14-22(21)39-26(5,6)25(33)38)24(37)34(16(2)3)18-9-8-11-32(15-18)17(4)35/h13-14,16,18H,7-12,15H2,1-6H3,(H,31,36)/t18-/m1/s1. The van der Waals surface area contributed by atoms with Gasteiger partial charge in [-0.25, -0.2) is 0 Å². The second-order valence-electron chi connectivity index (χ2n) is 10.7. The lowest BCUT2D eigenvalue weighted by molar-refractivity contribution is -0.138. The summed E-state index contributed by atoms with van der Waals surface area (Å²) in [6, 6.07) is 0.916. The molecule has 0 bridgehead atoms. The molecular weight excluding hydrogens is 517 g/mol. The minimum atomic E-state index is -4.88. The normalized spacial score (nSPS) is 18.9. The van der Waals surface area contributed by atoms with Gasteiger partial charge in [-0.15, -0.1) is 0 Å². The van der Waals surface area contributed by atoms with Crippen molar-refractivity contribution in [2.24, 2.45) is 0 Å². The highest BCUT2D eigenvalue weighted by Crippen LogP contribution is 2.44. The predicted molar refractivity (Wildman–Crippen MR) is 138 cm³/mol. The maximum atomic E-state index is 14.3. The van der Waals surface area contributed by atoms with Crippen LogP contribution in [-0.4, -0.2) is 77.3 Å². The van der Waals surface area contributed by atoms with Crippen LogP contribution in [0.3, 0.4) is 0 Å². The Morgan fingerprint density at radius 1 is 1.23 bits per heavy atom. The number of nitrogens with zero attached hydrogens (tertiary/aromatic N) is 3. The third-order valence-corrected chi connectivity index (χ3v) is 7.06. The molecule has 3 rings (SSSR count). The Labute approximate surface area is 226 Å². The molecule has 2 aliphatic heterocycles. The molecule has 216 valence electrons. The molecule has 1 aromatic rings. The third kappa shape index (κ3) is 6.47. The van der Waals surface area contributed by atoms with E-state index in [0.717, 1.165) is 12.1 Å². The zero-order valence-corrected chi connectivity index (χ0v) is 23.3. The Bertz CT molecular complexity index is 1140. The number of piperidine rings is 1. The average Bonchev–Trinajstić information content (AvgIpc) is 2.84. The molecule has 1 fully saturated rings. The first-order chi connectivity index (χ1) is 18.1. The molecule has 0 aliphatic carbocycles. The van der Waals surface area contributed by atoms with E-state index in [4.69, 9.17) is 4.74 Å². The molecule has 0 saturated carbocycles. The number of rotatable bonds is 7. The van der Waals surface area contributed by atoms with E-state index in [-0.39, 0.29) is 49.3 Å². The Hall–Kier alpha value is -3.31. The van der Waals surface area contributed by atoms with Crippen molar-refractivity contribution in [3.8, 4) is 5.75 Å². The fourth-order valence-corrected chi connectivity index (χ4v) is 5.11. The molecule has 1 N–H and O–H groups in total. The predicted octanol–water partition coefficient (Wildman–Crippen LogP) is 3.60. The summed E-state index contributed by atoms with van der Waals surface area (Å²) in [4.78, 5) is 55.1. The summed E-state index contributed by atoms with van der Waals surface area (Å²) in [6.45, 7) is 10.2. The van der Waals surface area contributed by atoms with E-state index >= 15 is 0 Å². The van der Waals surface area contributed by atoms with Gasteiger partial charge in [-0.3, -0.25) is 19.2 Å². The number of carbonyl (C=O) groups excluding carboxylic acids is 4. The molecule has 9 nitrogen and oxygen atoms in total. The summed E-state index contributed by atoms with van der Waals surface area (Å²) in [5, 5.41) is 2.66. The molecule has 1 saturated heterocycles. The summed E-state index contributed by atoms with van der Waals surface area (Å²) >= 11 is 0. The molecule has 39 heavy (non-hydrogen) atoms. The summed E-state index contributed by atoms with van der Waals surface area (Å²) in [5.74, 6) is -1.93.